The number of rotatable bonds is 4. The first kappa shape index (κ1) is 18.9. The molecule has 138 valence electrons. The monoisotopic (exact) mass is 348 g/mol. The highest BCUT2D eigenvalue weighted by molar-refractivity contribution is 5.74. The molecule has 1 aromatic carbocycles. The summed E-state index contributed by atoms with van der Waals surface area (Å²) in [6, 6.07) is 7.96. The fourth-order valence-electron chi connectivity index (χ4n) is 2.92. The lowest BCUT2D eigenvalue weighted by molar-refractivity contribution is 0.107. The number of hydrogen-bond acceptors (Lipinski definition) is 4. The van der Waals surface area contributed by atoms with E-state index in [0.717, 1.165) is 24.1 Å². The van der Waals surface area contributed by atoms with E-state index in [-0.39, 0.29) is 18.2 Å². The van der Waals surface area contributed by atoms with E-state index in [1.165, 1.54) is 7.11 Å². The molecular formula is C18H28N4O3. The van der Waals surface area contributed by atoms with E-state index in [0.29, 0.717) is 19.6 Å². The van der Waals surface area contributed by atoms with Gasteiger partial charge in [0.1, 0.15) is 0 Å². The average molecular weight is 348 g/mol. The van der Waals surface area contributed by atoms with Gasteiger partial charge in [-0.1, -0.05) is 12.1 Å². The Morgan fingerprint density at radius 3 is 2.52 bits per heavy atom. The number of carbonyl (C=O) groups is 2. The molecule has 0 unspecified atom stereocenters. The third-order valence-corrected chi connectivity index (χ3v) is 4.40. The lowest BCUT2D eigenvalue weighted by Gasteiger charge is -2.33. The van der Waals surface area contributed by atoms with Crippen LogP contribution in [-0.4, -0.2) is 69.3 Å². The molecule has 0 spiro atoms. The number of methoxy groups -OCH3 is 1. The van der Waals surface area contributed by atoms with Crippen LogP contribution in [0.25, 0.3) is 0 Å². The fraction of sp³-hybridized carbons (Fsp3) is 0.556. The smallest absolute Gasteiger partial charge is 0.409 e. The molecule has 0 aromatic heterocycles. The fourth-order valence-corrected chi connectivity index (χ4v) is 2.92. The van der Waals surface area contributed by atoms with E-state index in [1.54, 1.807) is 16.8 Å². The van der Waals surface area contributed by atoms with Gasteiger partial charge in [-0.2, -0.15) is 0 Å². The summed E-state index contributed by atoms with van der Waals surface area (Å²) in [6.07, 6.45) is 1.38. The number of amides is 3. The van der Waals surface area contributed by atoms with Crippen LogP contribution >= 0.6 is 0 Å². The van der Waals surface area contributed by atoms with E-state index < -0.39 is 0 Å². The Kier molecular flexibility index (Phi) is 6.50. The van der Waals surface area contributed by atoms with Gasteiger partial charge in [-0.15, -0.1) is 0 Å². The van der Waals surface area contributed by atoms with Crippen LogP contribution in [0.3, 0.4) is 0 Å². The van der Waals surface area contributed by atoms with Gasteiger partial charge in [0.15, 0.2) is 0 Å². The summed E-state index contributed by atoms with van der Waals surface area (Å²) in [5.41, 5.74) is 2.20. The number of nitrogens with zero attached hydrogens (tertiary/aromatic N) is 3. The number of benzene rings is 1. The molecule has 7 heteroatoms. The molecule has 1 heterocycles. The minimum Gasteiger partial charge on any atom is -0.453 e. The Bertz CT molecular complexity index is 588. The molecule has 1 atom stereocenters. The van der Waals surface area contributed by atoms with Crippen LogP contribution in [0.15, 0.2) is 24.3 Å². The third-order valence-electron chi connectivity index (χ3n) is 4.40. The van der Waals surface area contributed by atoms with Gasteiger partial charge in [-0.3, -0.25) is 0 Å². The number of nitrogens with one attached hydrogen (secondary N) is 1. The summed E-state index contributed by atoms with van der Waals surface area (Å²) in [4.78, 5) is 29.4. The highest BCUT2D eigenvalue weighted by atomic mass is 16.5. The Morgan fingerprint density at radius 1 is 1.24 bits per heavy atom. The summed E-state index contributed by atoms with van der Waals surface area (Å²) < 4.78 is 4.76. The zero-order valence-electron chi connectivity index (χ0n) is 15.5. The Labute approximate surface area is 149 Å². The van der Waals surface area contributed by atoms with E-state index in [2.05, 4.69) is 5.32 Å². The largest absolute Gasteiger partial charge is 0.453 e. The highest BCUT2D eigenvalue weighted by Crippen LogP contribution is 2.14. The van der Waals surface area contributed by atoms with Crippen LogP contribution in [0.1, 0.15) is 18.4 Å². The minimum atomic E-state index is -0.340. The van der Waals surface area contributed by atoms with Gasteiger partial charge in [0.05, 0.1) is 7.11 Å². The average Bonchev–Trinajstić information content (AvgIpc) is 2.61. The van der Waals surface area contributed by atoms with Crippen molar-refractivity contribution in [3.05, 3.63) is 29.8 Å². The zero-order chi connectivity index (χ0) is 18.4. The Hall–Kier alpha value is -2.44. The topological polar surface area (TPSA) is 65.1 Å². The van der Waals surface area contributed by atoms with Crippen LogP contribution < -0.4 is 10.2 Å². The maximum Gasteiger partial charge on any atom is 0.409 e. The number of anilines is 1. The van der Waals surface area contributed by atoms with Crippen LogP contribution in [0.4, 0.5) is 15.3 Å². The lowest BCUT2D eigenvalue weighted by atomic mass is 10.1. The van der Waals surface area contributed by atoms with Gasteiger partial charge < -0.3 is 24.8 Å². The molecule has 1 N–H and O–H groups in total. The van der Waals surface area contributed by atoms with Crippen molar-refractivity contribution in [3.8, 4) is 0 Å². The Balaban J connectivity index is 1.86. The molecule has 0 saturated carbocycles. The van der Waals surface area contributed by atoms with Crippen molar-refractivity contribution >= 4 is 17.8 Å². The number of ether oxygens (including phenoxy) is 1. The van der Waals surface area contributed by atoms with Crippen molar-refractivity contribution in [3.63, 3.8) is 0 Å². The van der Waals surface area contributed by atoms with Gasteiger partial charge in [-0.05, 0) is 30.5 Å². The predicted molar refractivity (Wildman–Crippen MR) is 97.8 cm³/mol. The van der Waals surface area contributed by atoms with Crippen LogP contribution in [0, 0.1) is 0 Å². The summed E-state index contributed by atoms with van der Waals surface area (Å²) in [5, 5.41) is 3.01. The van der Waals surface area contributed by atoms with Gasteiger partial charge in [0, 0.05) is 52.5 Å². The zero-order valence-corrected chi connectivity index (χ0v) is 15.5. The lowest BCUT2D eigenvalue weighted by Crippen LogP contribution is -2.52. The SMILES string of the molecule is COC(=O)N1CCC[C@@H](NC(=O)N(C)Cc2ccc(N(C)C)cc2)C1. The van der Waals surface area contributed by atoms with Crippen LogP contribution in [0.2, 0.25) is 0 Å². The van der Waals surface area contributed by atoms with Crippen molar-refractivity contribution in [2.75, 3.05) is 46.2 Å². The van der Waals surface area contributed by atoms with Crippen molar-refractivity contribution in [1.29, 1.82) is 0 Å². The summed E-state index contributed by atoms with van der Waals surface area (Å²) in [6.45, 7) is 1.70. The van der Waals surface area contributed by atoms with E-state index in [4.69, 9.17) is 4.74 Å². The third kappa shape index (κ3) is 5.27. The molecule has 1 fully saturated rings. The molecule has 1 aliphatic rings. The molecule has 3 amide bonds. The maximum atomic E-state index is 12.4. The number of likely N-dealkylation sites (tertiary alicyclic amines) is 1. The molecule has 0 radical (unpaired) electrons. The number of urea groups is 1. The molecule has 25 heavy (non-hydrogen) atoms. The van der Waals surface area contributed by atoms with Gasteiger partial charge >= 0.3 is 12.1 Å². The van der Waals surface area contributed by atoms with Crippen molar-refractivity contribution < 1.29 is 14.3 Å². The molecular weight excluding hydrogens is 320 g/mol. The van der Waals surface area contributed by atoms with Crippen molar-refractivity contribution in [1.82, 2.24) is 15.1 Å². The van der Waals surface area contributed by atoms with Gasteiger partial charge in [0.2, 0.25) is 0 Å². The first-order valence-electron chi connectivity index (χ1n) is 8.51. The first-order valence-corrected chi connectivity index (χ1v) is 8.51. The second kappa shape index (κ2) is 8.60. The maximum absolute atomic E-state index is 12.4. The predicted octanol–water partition coefficient (Wildman–Crippen LogP) is 2.12. The molecule has 1 saturated heterocycles. The highest BCUT2D eigenvalue weighted by Gasteiger charge is 2.25. The summed E-state index contributed by atoms with van der Waals surface area (Å²) >= 11 is 0. The van der Waals surface area contributed by atoms with Crippen molar-refractivity contribution in [2.24, 2.45) is 0 Å². The summed E-state index contributed by atoms with van der Waals surface area (Å²) in [5.74, 6) is 0. The number of carbonyl (C=O) groups excluding carboxylic acids is 2. The standard InChI is InChI=1S/C18H28N4O3/c1-20(2)16-9-7-14(8-10-16)12-21(3)17(23)19-15-6-5-11-22(13-15)18(24)25-4/h7-10,15H,5-6,11-13H2,1-4H3,(H,19,23)/t15-/m1/s1. The molecule has 1 aliphatic heterocycles. The summed E-state index contributed by atoms with van der Waals surface area (Å²) in [7, 11) is 7.14. The minimum absolute atomic E-state index is 0.0427. The first-order chi connectivity index (χ1) is 11.9. The van der Waals surface area contributed by atoms with Crippen molar-refractivity contribution in [2.45, 2.75) is 25.4 Å². The second-order valence-corrected chi connectivity index (χ2v) is 6.62. The molecule has 7 nitrogen and oxygen atoms in total. The quantitative estimate of drug-likeness (QED) is 0.905. The van der Waals surface area contributed by atoms with Gasteiger partial charge in [-0.25, -0.2) is 9.59 Å². The van der Waals surface area contributed by atoms with E-state index in [1.807, 2.05) is 43.3 Å². The van der Waals surface area contributed by atoms with Crippen LogP contribution in [0.5, 0.6) is 0 Å². The number of piperidine rings is 1. The molecule has 0 aliphatic carbocycles. The normalized spacial score (nSPS) is 17.0. The molecule has 1 aromatic rings. The van der Waals surface area contributed by atoms with E-state index in [9.17, 15) is 9.59 Å². The molecule has 0 bridgehead atoms. The van der Waals surface area contributed by atoms with E-state index >= 15 is 0 Å². The molecule has 2 rings (SSSR count). The van der Waals surface area contributed by atoms with Crippen LogP contribution in [-0.2, 0) is 11.3 Å². The van der Waals surface area contributed by atoms with Gasteiger partial charge in [0.25, 0.3) is 0 Å². The Morgan fingerprint density at radius 2 is 1.92 bits per heavy atom. The second-order valence-electron chi connectivity index (χ2n) is 6.62. The number of hydrogen-bond donors (Lipinski definition) is 1.